The van der Waals surface area contributed by atoms with Gasteiger partial charge in [0.1, 0.15) is 0 Å². The van der Waals surface area contributed by atoms with Gasteiger partial charge in [-0.15, -0.1) is 11.3 Å². The molecule has 0 saturated carbocycles. The molecule has 0 radical (unpaired) electrons. The molecule has 3 aromatic rings. The topological polar surface area (TPSA) is 22.0 Å². The Morgan fingerprint density at radius 3 is 2.67 bits per heavy atom. The highest BCUT2D eigenvalue weighted by Gasteiger charge is 2.04. The van der Waals surface area contributed by atoms with Crippen molar-refractivity contribution in [3.05, 3.63) is 81.2 Å². The molecule has 4 heteroatoms. The lowest BCUT2D eigenvalue weighted by atomic mass is 10.1. The predicted octanol–water partition coefficient (Wildman–Crippen LogP) is 5.20. The Bertz CT molecular complexity index is 787. The standard InChI is InChI=1S/C17H12BrNOS/c18-14-11-16(21-12-14)6-7-17(20)13-4-3-5-15(10-13)19-8-1-2-9-19/h1-12H/b7-6+. The molecule has 2 aromatic heterocycles. The zero-order valence-electron chi connectivity index (χ0n) is 11.1. The molecule has 1 aromatic carbocycles. The van der Waals surface area contributed by atoms with Crippen molar-refractivity contribution in [3.63, 3.8) is 0 Å². The minimum absolute atomic E-state index is 0.00790. The minimum atomic E-state index is 0.00790. The van der Waals surface area contributed by atoms with E-state index in [-0.39, 0.29) is 5.78 Å². The summed E-state index contributed by atoms with van der Waals surface area (Å²) in [6.45, 7) is 0. The third-order valence-electron chi connectivity index (χ3n) is 3.02. The Morgan fingerprint density at radius 2 is 1.95 bits per heavy atom. The van der Waals surface area contributed by atoms with Crippen LogP contribution in [0.2, 0.25) is 0 Å². The van der Waals surface area contributed by atoms with Crippen LogP contribution in [0.5, 0.6) is 0 Å². The molecule has 0 N–H and O–H groups in total. The number of thiophene rings is 1. The Morgan fingerprint density at radius 1 is 1.14 bits per heavy atom. The van der Waals surface area contributed by atoms with Gasteiger partial charge in [-0.05, 0) is 58.4 Å². The van der Waals surface area contributed by atoms with Gasteiger partial charge in [0.2, 0.25) is 0 Å². The smallest absolute Gasteiger partial charge is 0.185 e. The van der Waals surface area contributed by atoms with Gasteiger partial charge in [-0.2, -0.15) is 0 Å². The quantitative estimate of drug-likeness (QED) is 0.464. The van der Waals surface area contributed by atoms with Gasteiger partial charge in [0.05, 0.1) is 0 Å². The first-order valence-electron chi connectivity index (χ1n) is 6.42. The minimum Gasteiger partial charge on any atom is -0.324 e. The molecule has 0 amide bonds. The van der Waals surface area contributed by atoms with Crippen LogP contribution in [0.15, 0.2) is 70.8 Å². The number of hydrogen-bond donors (Lipinski definition) is 0. The van der Waals surface area contributed by atoms with E-state index in [0.717, 1.165) is 15.0 Å². The summed E-state index contributed by atoms with van der Waals surface area (Å²) in [6, 6.07) is 13.5. The van der Waals surface area contributed by atoms with Crippen LogP contribution < -0.4 is 0 Å². The van der Waals surface area contributed by atoms with E-state index in [4.69, 9.17) is 0 Å². The Hall–Kier alpha value is -1.91. The predicted molar refractivity (Wildman–Crippen MR) is 91.2 cm³/mol. The molecule has 0 fully saturated rings. The van der Waals surface area contributed by atoms with E-state index in [2.05, 4.69) is 15.9 Å². The van der Waals surface area contributed by atoms with Gasteiger partial charge in [0, 0.05) is 38.4 Å². The van der Waals surface area contributed by atoms with Crippen molar-refractivity contribution in [2.24, 2.45) is 0 Å². The maximum Gasteiger partial charge on any atom is 0.185 e. The SMILES string of the molecule is O=C(/C=C/c1cc(Br)cs1)c1cccc(-n2cccc2)c1. The van der Waals surface area contributed by atoms with Crippen molar-refractivity contribution in [1.82, 2.24) is 4.57 Å². The first-order valence-corrected chi connectivity index (χ1v) is 8.09. The average molecular weight is 358 g/mol. The van der Waals surface area contributed by atoms with Crippen LogP contribution in [0.25, 0.3) is 11.8 Å². The first-order chi connectivity index (χ1) is 10.2. The van der Waals surface area contributed by atoms with Crippen LogP contribution in [0.3, 0.4) is 0 Å². The molecule has 104 valence electrons. The summed E-state index contributed by atoms with van der Waals surface area (Å²) in [5, 5.41) is 2.00. The van der Waals surface area contributed by atoms with Gasteiger partial charge in [0.15, 0.2) is 5.78 Å². The molecule has 0 saturated heterocycles. The zero-order valence-corrected chi connectivity index (χ0v) is 13.5. The van der Waals surface area contributed by atoms with Crippen molar-refractivity contribution in [2.45, 2.75) is 0 Å². The maximum atomic E-state index is 12.2. The van der Waals surface area contributed by atoms with Crippen molar-refractivity contribution >= 4 is 39.1 Å². The molecule has 21 heavy (non-hydrogen) atoms. The van der Waals surface area contributed by atoms with E-state index < -0.39 is 0 Å². The summed E-state index contributed by atoms with van der Waals surface area (Å²) in [7, 11) is 0. The molecule has 0 aliphatic rings. The van der Waals surface area contributed by atoms with Crippen LogP contribution in [-0.2, 0) is 0 Å². The van der Waals surface area contributed by atoms with E-state index in [1.54, 1.807) is 17.4 Å². The lowest BCUT2D eigenvalue weighted by Gasteiger charge is -2.04. The fraction of sp³-hybridized carbons (Fsp3) is 0. The highest BCUT2D eigenvalue weighted by molar-refractivity contribution is 9.10. The molecule has 0 aliphatic heterocycles. The second-order valence-electron chi connectivity index (χ2n) is 4.51. The number of nitrogens with zero attached hydrogens (tertiary/aromatic N) is 1. The molecule has 3 rings (SSSR count). The van der Waals surface area contributed by atoms with Gasteiger partial charge < -0.3 is 4.57 Å². The van der Waals surface area contributed by atoms with E-state index in [9.17, 15) is 4.79 Å². The normalized spacial score (nSPS) is 11.1. The molecular weight excluding hydrogens is 346 g/mol. The number of hydrogen-bond acceptors (Lipinski definition) is 2. The summed E-state index contributed by atoms with van der Waals surface area (Å²) in [4.78, 5) is 13.3. The van der Waals surface area contributed by atoms with Gasteiger partial charge in [-0.3, -0.25) is 4.79 Å². The second kappa shape index (κ2) is 6.24. The molecule has 0 unspecified atom stereocenters. The van der Waals surface area contributed by atoms with E-state index in [1.807, 2.05) is 70.9 Å². The number of ketones is 1. The number of carbonyl (C=O) groups is 1. The number of carbonyl (C=O) groups excluding carboxylic acids is 1. The maximum absolute atomic E-state index is 12.2. The molecule has 0 aliphatic carbocycles. The first kappa shape index (κ1) is 14.0. The number of benzene rings is 1. The highest BCUT2D eigenvalue weighted by Crippen LogP contribution is 2.21. The third kappa shape index (κ3) is 3.40. The number of allylic oxidation sites excluding steroid dienone is 1. The summed E-state index contributed by atoms with van der Waals surface area (Å²) in [6.07, 6.45) is 7.39. The second-order valence-corrected chi connectivity index (χ2v) is 6.36. The van der Waals surface area contributed by atoms with Crippen LogP contribution in [-0.4, -0.2) is 10.4 Å². The average Bonchev–Trinajstić information content (AvgIpc) is 3.16. The summed E-state index contributed by atoms with van der Waals surface area (Å²) in [5.41, 5.74) is 1.67. The lowest BCUT2D eigenvalue weighted by molar-refractivity contribution is 0.104. The lowest BCUT2D eigenvalue weighted by Crippen LogP contribution is -1.97. The van der Waals surface area contributed by atoms with Crippen LogP contribution >= 0.6 is 27.3 Å². The van der Waals surface area contributed by atoms with Crippen molar-refractivity contribution in [2.75, 3.05) is 0 Å². The highest BCUT2D eigenvalue weighted by atomic mass is 79.9. The summed E-state index contributed by atoms with van der Waals surface area (Å²) in [5.74, 6) is 0.00790. The number of aromatic nitrogens is 1. The monoisotopic (exact) mass is 357 g/mol. The number of rotatable bonds is 4. The van der Waals surface area contributed by atoms with Crippen molar-refractivity contribution in [1.29, 1.82) is 0 Å². The Kier molecular flexibility index (Phi) is 4.18. The molecule has 0 bridgehead atoms. The van der Waals surface area contributed by atoms with Gasteiger partial charge in [-0.25, -0.2) is 0 Å². The van der Waals surface area contributed by atoms with Gasteiger partial charge in [0.25, 0.3) is 0 Å². The fourth-order valence-corrected chi connectivity index (χ4v) is 3.33. The summed E-state index contributed by atoms with van der Waals surface area (Å²) < 4.78 is 3.02. The fourth-order valence-electron chi connectivity index (χ4n) is 2.00. The Labute approximate surface area is 135 Å². The van der Waals surface area contributed by atoms with Crippen LogP contribution in [0, 0.1) is 0 Å². The largest absolute Gasteiger partial charge is 0.324 e. The van der Waals surface area contributed by atoms with E-state index >= 15 is 0 Å². The van der Waals surface area contributed by atoms with Crippen LogP contribution in [0.4, 0.5) is 0 Å². The van der Waals surface area contributed by atoms with Crippen molar-refractivity contribution in [3.8, 4) is 5.69 Å². The van der Waals surface area contributed by atoms with Crippen molar-refractivity contribution < 1.29 is 4.79 Å². The number of halogens is 1. The van der Waals surface area contributed by atoms with Crippen LogP contribution in [0.1, 0.15) is 15.2 Å². The molecule has 2 heterocycles. The van der Waals surface area contributed by atoms with Gasteiger partial charge >= 0.3 is 0 Å². The zero-order chi connectivity index (χ0) is 14.7. The molecule has 2 nitrogen and oxygen atoms in total. The van der Waals surface area contributed by atoms with Gasteiger partial charge in [-0.1, -0.05) is 12.1 Å². The molecule has 0 spiro atoms. The molecule has 0 atom stereocenters. The third-order valence-corrected chi connectivity index (χ3v) is 4.68. The Balaban J connectivity index is 1.82. The van der Waals surface area contributed by atoms with E-state index in [0.29, 0.717) is 5.56 Å². The summed E-state index contributed by atoms with van der Waals surface area (Å²) >= 11 is 5.00. The molecular formula is C17H12BrNOS. The van der Waals surface area contributed by atoms with E-state index in [1.165, 1.54) is 0 Å².